The summed E-state index contributed by atoms with van der Waals surface area (Å²) in [5.41, 5.74) is 1.17. The minimum absolute atomic E-state index is 0.0268. The van der Waals surface area contributed by atoms with Crippen LogP contribution < -0.4 is 9.47 Å². The van der Waals surface area contributed by atoms with Gasteiger partial charge in [0.15, 0.2) is 6.61 Å². The van der Waals surface area contributed by atoms with Gasteiger partial charge in [-0.05, 0) is 50.5 Å². The van der Waals surface area contributed by atoms with E-state index in [-0.39, 0.29) is 12.5 Å². The molecule has 2 rings (SSSR count). The zero-order valence-corrected chi connectivity index (χ0v) is 11.6. The van der Waals surface area contributed by atoms with Gasteiger partial charge >= 0.3 is 0 Å². The average Bonchev–Trinajstić information content (AvgIpc) is 2.46. The first kappa shape index (κ1) is 13.7. The zero-order valence-electron chi connectivity index (χ0n) is 11.6. The average molecular weight is 263 g/mol. The number of nitrogens with zero attached hydrogens (tertiary/aromatic N) is 1. The molecule has 1 aromatic rings. The Morgan fingerprint density at radius 1 is 1.37 bits per heavy atom. The lowest BCUT2D eigenvalue weighted by Gasteiger charge is -2.20. The molecule has 0 aromatic heterocycles. The molecule has 1 heterocycles. The highest BCUT2D eigenvalue weighted by atomic mass is 16.5. The predicted octanol–water partition coefficient (Wildman–Crippen LogP) is 2.26. The Labute approximate surface area is 114 Å². The van der Waals surface area contributed by atoms with Crippen LogP contribution in [0.4, 0.5) is 0 Å². The molecule has 0 saturated heterocycles. The number of hydrogen-bond acceptors (Lipinski definition) is 3. The number of amides is 1. The fraction of sp³-hybridized carbons (Fsp3) is 0.533. The smallest absolute Gasteiger partial charge is 0.260 e. The Balaban J connectivity index is 1.94. The van der Waals surface area contributed by atoms with Crippen molar-refractivity contribution in [2.75, 3.05) is 26.3 Å². The molecule has 0 saturated carbocycles. The summed E-state index contributed by atoms with van der Waals surface area (Å²) < 4.78 is 11.1. The summed E-state index contributed by atoms with van der Waals surface area (Å²) in [6.45, 7) is 6.26. The van der Waals surface area contributed by atoms with Gasteiger partial charge < -0.3 is 14.4 Å². The second kappa shape index (κ2) is 6.45. The van der Waals surface area contributed by atoms with E-state index in [0.717, 1.165) is 44.0 Å². The molecule has 1 amide bonds. The highest BCUT2D eigenvalue weighted by Crippen LogP contribution is 2.28. The third kappa shape index (κ3) is 3.40. The van der Waals surface area contributed by atoms with Crippen LogP contribution in [0.25, 0.3) is 0 Å². The Morgan fingerprint density at radius 2 is 2.16 bits per heavy atom. The molecule has 0 unspecified atom stereocenters. The SMILES string of the molecule is CCN(CC)C(=O)COc1ccc2c(c1)CCCO2. The van der Waals surface area contributed by atoms with Gasteiger partial charge in [0.25, 0.3) is 5.91 Å². The first-order chi connectivity index (χ1) is 9.24. The van der Waals surface area contributed by atoms with Gasteiger partial charge in [-0.3, -0.25) is 4.79 Å². The van der Waals surface area contributed by atoms with Crippen LogP contribution in [0.3, 0.4) is 0 Å². The van der Waals surface area contributed by atoms with Gasteiger partial charge in [-0.1, -0.05) is 0 Å². The second-order valence-electron chi connectivity index (χ2n) is 4.58. The van der Waals surface area contributed by atoms with Gasteiger partial charge in [0, 0.05) is 13.1 Å². The van der Waals surface area contributed by atoms with Crippen molar-refractivity contribution >= 4 is 5.91 Å². The normalized spacial score (nSPS) is 13.4. The standard InChI is InChI=1S/C15H21NO3/c1-3-16(4-2)15(17)11-19-13-7-8-14-12(10-13)6-5-9-18-14/h7-8,10H,3-6,9,11H2,1-2H3. The van der Waals surface area contributed by atoms with Crippen LogP contribution in [-0.2, 0) is 11.2 Å². The number of likely N-dealkylation sites (N-methyl/N-ethyl adjacent to an activating group) is 1. The molecule has 0 atom stereocenters. The van der Waals surface area contributed by atoms with Crippen LogP contribution >= 0.6 is 0 Å². The predicted molar refractivity (Wildman–Crippen MR) is 73.7 cm³/mol. The number of carbonyl (C=O) groups is 1. The molecule has 0 bridgehead atoms. The van der Waals surface area contributed by atoms with E-state index in [1.165, 1.54) is 5.56 Å². The molecule has 0 fully saturated rings. The van der Waals surface area contributed by atoms with Crippen molar-refractivity contribution in [1.82, 2.24) is 4.90 Å². The van der Waals surface area contributed by atoms with Crippen molar-refractivity contribution in [3.05, 3.63) is 23.8 Å². The molecule has 0 radical (unpaired) electrons. The van der Waals surface area contributed by atoms with Crippen LogP contribution in [0, 0.1) is 0 Å². The van der Waals surface area contributed by atoms with Crippen molar-refractivity contribution < 1.29 is 14.3 Å². The van der Waals surface area contributed by atoms with E-state index in [1.54, 1.807) is 4.90 Å². The maximum atomic E-state index is 11.8. The molecular formula is C15H21NO3. The lowest BCUT2D eigenvalue weighted by molar-refractivity contribution is -0.132. The molecule has 1 aliphatic heterocycles. The Morgan fingerprint density at radius 3 is 2.89 bits per heavy atom. The summed E-state index contributed by atoms with van der Waals surface area (Å²) in [4.78, 5) is 13.6. The number of benzene rings is 1. The third-order valence-electron chi connectivity index (χ3n) is 3.36. The van der Waals surface area contributed by atoms with Crippen molar-refractivity contribution in [3.8, 4) is 11.5 Å². The number of fused-ring (bicyclic) bond motifs is 1. The van der Waals surface area contributed by atoms with Crippen LogP contribution in [0.5, 0.6) is 11.5 Å². The van der Waals surface area contributed by atoms with Crippen molar-refractivity contribution in [1.29, 1.82) is 0 Å². The summed E-state index contributed by atoms with van der Waals surface area (Å²) in [5.74, 6) is 1.71. The quantitative estimate of drug-likeness (QED) is 0.818. The molecule has 4 nitrogen and oxygen atoms in total. The van der Waals surface area contributed by atoms with Crippen molar-refractivity contribution in [2.24, 2.45) is 0 Å². The maximum absolute atomic E-state index is 11.8. The Bertz CT molecular complexity index is 441. The van der Waals surface area contributed by atoms with Crippen molar-refractivity contribution in [2.45, 2.75) is 26.7 Å². The summed E-state index contributed by atoms with van der Waals surface area (Å²) >= 11 is 0. The van der Waals surface area contributed by atoms with Gasteiger partial charge in [0.2, 0.25) is 0 Å². The second-order valence-corrected chi connectivity index (χ2v) is 4.58. The van der Waals surface area contributed by atoms with Crippen molar-refractivity contribution in [3.63, 3.8) is 0 Å². The number of aryl methyl sites for hydroxylation is 1. The number of hydrogen-bond donors (Lipinski definition) is 0. The molecular weight excluding hydrogens is 242 g/mol. The van der Waals surface area contributed by atoms with Gasteiger partial charge in [-0.2, -0.15) is 0 Å². The molecule has 1 aromatic carbocycles. The fourth-order valence-electron chi connectivity index (χ4n) is 2.24. The third-order valence-corrected chi connectivity index (χ3v) is 3.36. The van der Waals surface area contributed by atoms with Crippen LogP contribution in [-0.4, -0.2) is 37.1 Å². The van der Waals surface area contributed by atoms with E-state index in [4.69, 9.17) is 9.47 Å². The topological polar surface area (TPSA) is 38.8 Å². The summed E-state index contributed by atoms with van der Waals surface area (Å²) in [7, 11) is 0. The fourth-order valence-corrected chi connectivity index (χ4v) is 2.24. The molecule has 19 heavy (non-hydrogen) atoms. The van der Waals surface area contributed by atoms with Gasteiger partial charge in [0.1, 0.15) is 11.5 Å². The molecule has 0 N–H and O–H groups in total. The van der Waals surface area contributed by atoms with Gasteiger partial charge in [-0.25, -0.2) is 0 Å². The summed E-state index contributed by atoms with van der Waals surface area (Å²) in [6, 6.07) is 5.76. The van der Waals surface area contributed by atoms with Gasteiger partial charge in [-0.15, -0.1) is 0 Å². The van der Waals surface area contributed by atoms with E-state index in [0.29, 0.717) is 0 Å². The van der Waals surface area contributed by atoms with Gasteiger partial charge in [0.05, 0.1) is 6.61 Å². The number of carbonyl (C=O) groups excluding carboxylic acids is 1. The first-order valence-electron chi connectivity index (χ1n) is 6.91. The molecule has 4 heteroatoms. The number of ether oxygens (including phenoxy) is 2. The molecule has 0 aliphatic carbocycles. The minimum atomic E-state index is 0.0268. The van der Waals surface area contributed by atoms with E-state index >= 15 is 0 Å². The maximum Gasteiger partial charge on any atom is 0.260 e. The summed E-state index contributed by atoms with van der Waals surface area (Å²) in [5, 5.41) is 0. The van der Waals surface area contributed by atoms with Crippen LogP contribution in [0.15, 0.2) is 18.2 Å². The Hall–Kier alpha value is -1.71. The summed E-state index contributed by atoms with van der Waals surface area (Å²) in [6.07, 6.45) is 2.05. The largest absolute Gasteiger partial charge is 0.493 e. The first-order valence-corrected chi connectivity index (χ1v) is 6.91. The monoisotopic (exact) mass is 263 g/mol. The molecule has 1 aliphatic rings. The lowest BCUT2D eigenvalue weighted by Crippen LogP contribution is -2.34. The zero-order chi connectivity index (χ0) is 13.7. The van der Waals surface area contributed by atoms with E-state index in [9.17, 15) is 4.79 Å². The van der Waals surface area contributed by atoms with E-state index in [2.05, 4.69) is 0 Å². The highest BCUT2D eigenvalue weighted by Gasteiger charge is 2.13. The Kier molecular flexibility index (Phi) is 4.66. The minimum Gasteiger partial charge on any atom is -0.493 e. The molecule has 104 valence electrons. The molecule has 0 spiro atoms. The number of rotatable bonds is 5. The lowest BCUT2D eigenvalue weighted by atomic mass is 10.1. The van der Waals surface area contributed by atoms with Crippen LogP contribution in [0.1, 0.15) is 25.8 Å². The van der Waals surface area contributed by atoms with Crippen LogP contribution in [0.2, 0.25) is 0 Å². The highest BCUT2D eigenvalue weighted by molar-refractivity contribution is 5.77. The van der Waals surface area contributed by atoms with E-state index in [1.807, 2.05) is 32.0 Å². The van der Waals surface area contributed by atoms with E-state index < -0.39 is 0 Å².